The van der Waals surface area contributed by atoms with E-state index in [2.05, 4.69) is 10.4 Å². The molecule has 4 rings (SSSR count). The fraction of sp³-hybridized carbons (Fsp3) is 0.263. The molecule has 134 valence electrons. The molecule has 1 aliphatic heterocycles. The van der Waals surface area contributed by atoms with Crippen LogP contribution < -0.4 is 14.8 Å². The van der Waals surface area contributed by atoms with Crippen LogP contribution >= 0.6 is 0 Å². The molecular weight excluding hydrogens is 334 g/mol. The number of para-hydroxylation sites is 2. The van der Waals surface area contributed by atoms with Crippen molar-refractivity contribution >= 4 is 16.8 Å². The lowest BCUT2D eigenvalue weighted by Crippen LogP contribution is -2.33. The molecule has 2 aromatic carbocycles. The molecule has 1 aliphatic rings. The molecule has 7 nitrogen and oxygen atoms in total. The van der Waals surface area contributed by atoms with Gasteiger partial charge in [0.15, 0.2) is 17.6 Å². The quantitative estimate of drug-likeness (QED) is 0.728. The Hall–Kier alpha value is -3.06. The van der Waals surface area contributed by atoms with E-state index < -0.39 is 0 Å². The van der Waals surface area contributed by atoms with E-state index in [1.54, 1.807) is 12.1 Å². The molecule has 1 aromatic heterocycles. The molecule has 0 saturated heterocycles. The number of fused-ring (bicyclic) bond motifs is 2. The summed E-state index contributed by atoms with van der Waals surface area (Å²) in [6, 6.07) is 12.9. The van der Waals surface area contributed by atoms with E-state index in [1.165, 1.54) is 0 Å². The molecule has 0 radical (unpaired) electrons. The van der Waals surface area contributed by atoms with Gasteiger partial charge in [0.2, 0.25) is 0 Å². The zero-order chi connectivity index (χ0) is 17.9. The molecule has 2 heterocycles. The standard InChI is InChI=1S/C19H19N3O4/c23-8-7-20-19(24)13-5-6-16-14(9-13)10-22(21-16)11-15-12-25-17-3-1-2-4-18(17)26-15/h1-6,9-10,15,23H,7-8,11-12H2,(H,20,24). The highest BCUT2D eigenvalue weighted by Crippen LogP contribution is 2.31. The maximum atomic E-state index is 12.0. The van der Waals surface area contributed by atoms with Gasteiger partial charge in [-0.3, -0.25) is 9.48 Å². The van der Waals surface area contributed by atoms with E-state index in [0.29, 0.717) is 18.7 Å². The Balaban J connectivity index is 1.48. The van der Waals surface area contributed by atoms with Crippen LogP contribution in [0.1, 0.15) is 10.4 Å². The van der Waals surface area contributed by atoms with E-state index in [1.807, 2.05) is 41.2 Å². The van der Waals surface area contributed by atoms with Crippen molar-refractivity contribution in [3.63, 3.8) is 0 Å². The third kappa shape index (κ3) is 3.34. The van der Waals surface area contributed by atoms with Gasteiger partial charge >= 0.3 is 0 Å². The average Bonchev–Trinajstić information content (AvgIpc) is 3.07. The van der Waals surface area contributed by atoms with Crippen molar-refractivity contribution in [2.24, 2.45) is 0 Å². The smallest absolute Gasteiger partial charge is 0.251 e. The number of carbonyl (C=O) groups is 1. The second-order valence-electron chi connectivity index (χ2n) is 6.10. The highest BCUT2D eigenvalue weighted by atomic mass is 16.6. The summed E-state index contributed by atoms with van der Waals surface area (Å²) in [5, 5.41) is 16.9. The van der Waals surface area contributed by atoms with E-state index >= 15 is 0 Å². The van der Waals surface area contributed by atoms with Gasteiger partial charge in [0.25, 0.3) is 5.91 Å². The number of aliphatic hydroxyl groups excluding tert-OH is 1. The van der Waals surface area contributed by atoms with E-state index in [-0.39, 0.29) is 25.2 Å². The van der Waals surface area contributed by atoms with Crippen LogP contribution in [0.25, 0.3) is 10.9 Å². The Kier molecular flexibility index (Phi) is 4.45. The van der Waals surface area contributed by atoms with E-state index in [4.69, 9.17) is 14.6 Å². The van der Waals surface area contributed by atoms with Crippen LogP contribution in [0, 0.1) is 0 Å². The largest absolute Gasteiger partial charge is 0.486 e. The summed E-state index contributed by atoms with van der Waals surface area (Å²) in [5.74, 6) is 1.28. The number of aliphatic hydroxyl groups is 1. The molecule has 0 fully saturated rings. The van der Waals surface area contributed by atoms with Crippen LogP contribution in [0.15, 0.2) is 48.7 Å². The van der Waals surface area contributed by atoms with Gasteiger partial charge in [-0.1, -0.05) is 12.1 Å². The fourth-order valence-electron chi connectivity index (χ4n) is 2.94. The third-order valence-electron chi connectivity index (χ3n) is 4.17. The number of hydrogen-bond donors (Lipinski definition) is 2. The number of nitrogens with zero attached hydrogens (tertiary/aromatic N) is 2. The van der Waals surface area contributed by atoms with Crippen LogP contribution in [0.2, 0.25) is 0 Å². The summed E-state index contributed by atoms with van der Waals surface area (Å²) in [6.07, 6.45) is 1.76. The average molecular weight is 353 g/mol. The molecule has 0 spiro atoms. The highest BCUT2D eigenvalue weighted by Gasteiger charge is 2.21. The summed E-state index contributed by atoms with van der Waals surface area (Å²) in [4.78, 5) is 12.0. The van der Waals surface area contributed by atoms with Crippen LogP contribution in [0.5, 0.6) is 11.5 Å². The highest BCUT2D eigenvalue weighted by molar-refractivity contribution is 5.97. The van der Waals surface area contributed by atoms with Gasteiger partial charge in [-0.05, 0) is 30.3 Å². The van der Waals surface area contributed by atoms with E-state index in [9.17, 15) is 4.79 Å². The van der Waals surface area contributed by atoms with Gasteiger partial charge in [0.05, 0.1) is 18.7 Å². The first-order valence-corrected chi connectivity index (χ1v) is 8.48. The molecule has 2 N–H and O–H groups in total. The summed E-state index contributed by atoms with van der Waals surface area (Å²) in [5.41, 5.74) is 1.34. The molecule has 26 heavy (non-hydrogen) atoms. The molecule has 7 heteroatoms. The van der Waals surface area contributed by atoms with Gasteiger partial charge < -0.3 is 19.9 Å². The number of carbonyl (C=O) groups excluding carboxylic acids is 1. The van der Waals surface area contributed by atoms with Crippen LogP contribution in [-0.2, 0) is 6.54 Å². The van der Waals surface area contributed by atoms with Gasteiger partial charge in [-0.25, -0.2) is 0 Å². The summed E-state index contributed by atoms with van der Waals surface area (Å²) in [6.45, 7) is 1.16. The Morgan fingerprint density at radius 1 is 1.27 bits per heavy atom. The molecule has 0 saturated carbocycles. The maximum absolute atomic E-state index is 12.0. The molecular formula is C19H19N3O4. The topological polar surface area (TPSA) is 85.6 Å². The van der Waals surface area contributed by atoms with Crippen LogP contribution in [0.3, 0.4) is 0 Å². The van der Waals surface area contributed by atoms with E-state index in [0.717, 1.165) is 22.4 Å². The lowest BCUT2D eigenvalue weighted by molar-refractivity contribution is 0.0760. The van der Waals surface area contributed by atoms with Crippen LogP contribution in [-0.4, -0.2) is 46.7 Å². The Morgan fingerprint density at radius 3 is 2.96 bits per heavy atom. The lowest BCUT2D eigenvalue weighted by atomic mass is 10.1. The van der Waals surface area contributed by atoms with Crippen molar-refractivity contribution < 1.29 is 19.4 Å². The number of aromatic nitrogens is 2. The predicted octanol–water partition coefficient (Wildman–Crippen LogP) is 1.60. The number of hydrogen-bond acceptors (Lipinski definition) is 5. The second kappa shape index (κ2) is 7.05. The van der Waals surface area contributed by atoms with Crippen molar-refractivity contribution in [1.29, 1.82) is 0 Å². The number of ether oxygens (including phenoxy) is 2. The number of rotatable bonds is 5. The Morgan fingerprint density at radius 2 is 2.12 bits per heavy atom. The van der Waals surface area contributed by atoms with Crippen LogP contribution in [0.4, 0.5) is 0 Å². The minimum absolute atomic E-state index is 0.0848. The van der Waals surface area contributed by atoms with Gasteiger partial charge in [-0.2, -0.15) is 5.10 Å². The fourth-order valence-corrected chi connectivity index (χ4v) is 2.94. The van der Waals surface area contributed by atoms with Gasteiger partial charge in [0, 0.05) is 23.7 Å². The Bertz CT molecular complexity index is 937. The lowest BCUT2D eigenvalue weighted by Gasteiger charge is -2.26. The molecule has 1 amide bonds. The zero-order valence-electron chi connectivity index (χ0n) is 14.1. The van der Waals surface area contributed by atoms with Crippen molar-refractivity contribution in [2.45, 2.75) is 12.6 Å². The van der Waals surface area contributed by atoms with Crippen molar-refractivity contribution in [2.75, 3.05) is 19.8 Å². The van der Waals surface area contributed by atoms with Crippen molar-refractivity contribution in [3.8, 4) is 11.5 Å². The number of amides is 1. The van der Waals surface area contributed by atoms with Gasteiger partial charge in [0.1, 0.15) is 6.61 Å². The third-order valence-corrected chi connectivity index (χ3v) is 4.17. The zero-order valence-corrected chi connectivity index (χ0v) is 14.1. The monoisotopic (exact) mass is 353 g/mol. The minimum atomic E-state index is -0.214. The first-order valence-electron chi connectivity index (χ1n) is 8.48. The Labute approximate surface area is 150 Å². The first-order chi connectivity index (χ1) is 12.7. The molecule has 1 atom stereocenters. The normalized spacial score (nSPS) is 15.8. The summed E-state index contributed by atoms with van der Waals surface area (Å²) >= 11 is 0. The number of nitrogens with one attached hydrogen (secondary N) is 1. The summed E-state index contributed by atoms with van der Waals surface area (Å²) in [7, 11) is 0. The minimum Gasteiger partial charge on any atom is -0.486 e. The maximum Gasteiger partial charge on any atom is 0.251 e. The SMILES string of the molecule is O=C(NCCO)c1ccc2nn(CC3COc4ccccc4O3)cc2c1. The predicted molar refractivity (Wildman–Crippen MR) is 95.5 cm³/mol. The van der Waals surface area contributed by atoms with Crippen molar-refractivity contribution in [1.82, 2.24) is 15.1 Å². The first kappa shape index (κ1) is 16.4. The molecule has 0 aliphatic carbocycles. The number of benzene rings is 2. The molecule has 0 bridgehead atoms. The van der Waals surface area contributed by atoms with Crippen molar-refractivity contribution in [3.05, 3.63) is 54.2 Å². The summed E-state index contributed by atoms with van der Waals surface area (Å²) < 4.78 is 13.5. The molecule has 1 unspecified atom stereocenters. The van der Waals surface area contributed by atoms with Gasteiger partial charge in [-0.15, -0.1) is 0 Å². The molecule has 3 aromatic rings. The second-order valence-corrected chi connectivity index (χ2v) is 6.10.